The van der Waals surface area contributed by atoms with Crippen LogP contribution in [0, 0.1) is 5.92 Å². The van der Waals surface area contributed by atoms with Crippen LogP contribution < -0.4 is 5.73 Å². The molecule has 0 aliphatic rings. The second-order valence-electron chi connectivity index (χ2n) is 4.16. The highest BCUT2D eigenvalue weighted by Crippen LogP contribution is 2.27. The van der Waals surface area contributed by atoms with Crippen molar-refractivity contribution < 1.29 is 0 Å². The van der Waals surface area contributed by atoms with Gasteiger partial charge in [0.2, 0.25) is 0 Å². The fraction of sp³-hybridized carbons (Fsp3) is 0.538. The minimum absolute atomic E-state index is 0.498. The smallest absolute Gasteiger partial charge is 0.0175 e. The van der Waals surface area contributed by atoms with Gasteiger partial charge in [0.25, 0.3) is 0 Å². The summed E-state index contributed by atoms with van der Waals surface area (Å²) in [7, 11) is 0. The van der Waals surface area contributed by atoms with Gasteiger partial charge in [-0.3, -0.25) is 0 Å². The molecule has 2 atom stereocenters. The van der Waals surface area contributed by atoms with Crippen LogP contribution in [-0.2, 0) is 0 Å². The first-order valence-electron chi connectivity index (χ1n) is 5.64. The lowest BCUT2D eigenvalue weighted by molar-refractivity contribution is 0.430. The molecule has 0 bridgehead atoms. The Balaban J connectivity index is 2.77. The largest absolute Gasteiger partial charge is 0.330 e. The maximum atomic E-state index is 5.86. The van der Waals surface area contributed by atoms with E-state index in [4.69, 9.17) is 5.73 Å². The molecular formula is C13H20BrN. The van der Waals surface area contributed by atoms with Crippen molar-refractivity contribution >= 4 is 15.9 Å². The number of halogens is 1. The fourth-order valence-electron chi connectivity index (χ4n) is 2.06. The zero-order chi connectivity index (χ0) is 11.3. The van der Waals surface area contributed by atoms with Gasteiger partial charge in [-0.25, -0.2) is 0 Å². The highest BCUT2D eigenvalue weighted by atomic mass is 79.9. The molecule has 2 heteroatoms. The quantitative estimate of drug-likeness (QED) is 0.862. The number of hydrogen-bond donors (Lipinski definition) is 1. The topological polar surface area (TPSA) is 26.0 Å². The summed E-state index contributed by atoms with van der Waals surface area (Å²) in [6, 6.07) is 8.54. The average Bonchev–Trinajstić information content (AvgIpc) is 2.22. The Morgan fingerprint density at radius 2 is 1.87 bits per heavy atom. The van der Waals surface area contributed by atoms with Crippen LogP contribution in [-0.4, -0.2) is 6.54 Å². The first kappa shape index (κ1) is 12.7. The lowest BCUT2D eigenvalue weighted by Crippen LogP contribution is -2.19. The Kier molecular flexibility index (Phi) is 5.34. The summed E-state index contributed by atoms with van der Waals surface area (Å²) in [5, 5.41) is 0. The van der Waals surface area contributed by atoms with E-state index in [1.54, 1.807) is 0 Å². The lowest BCUT2D eigenvalue weighted by Gasteiger charge is -2.22. The molecule has 84 valence electrons. The fourth-order valence-corrected chi connectivity index (χ4v) is 2.33. The van der Waals surface area contributed by atoms with Crippen LogP contribution in [0.1, 0.15) is 38.2 Å². The van der Waals surface area contributed by atoms with Gasteiger partial charge in [-0.2, -0.15) is 0 Å². The van der Waals surface area contributed by atoms with E-state index < -0.39 is 0 Å². The third-order valence-electron chi connectivity index (χ3n) is 2.98. The molecule has 0 amide bonds. The standard InChI is InChI=1S/C13H20BrN/c1-3-4-10(2)13(9-15)11-5-7-12(14)8-6-11/h5-8,10,13H,3-4,9,15H2,1-2H3. The first-order chi connectivity index (χ1) is 7.19. The third kappa shape index (κ3) is 3.62. The number of benzene rings is 1. The molecule has 0 aliphatic carbocycles. The summed E-state index contributed by atoms with van der Waals surface area (Å²) in [5.41, 5.74) is 7.22. The van der Waals surface area contributed by atoms with E-state index >= 15 is 0 Å². The van der Waals surface area contributed by atoms with Crippen molar-refractivity contribution in [2.45, 2.75) is 32.6 Å². The Morgan fingerprint density at radius 1 is 1.27 bits per heavy atom. The zero-order valence-electron chi connectivity index (χ0n) is 9.54. The number of rotatable bonds is 5. The van der Waals surface area contributed by atoms with E-state index in [9.17, 15) is 0 Å². The van der Waals surface area contributed by atoms with Gasteiger partial charge < -0.3 is 5.73 Å². The van der Waals surface area contributed by atoms with Crippen LogP contribution >= 0.6 is 15.9 Å². The molecule has 15 heavy (non-hydrogen) atoms. The van der Waals surface area contributed by atoms with Crippen LogP contribution in [0.3, 0.4) is 0 Å². The Hall–Kier alpha value is -0.340. The average molecular weight is 270 g/mol. The summed E-state index contributed by atoms with van der Waals surface area (Å²) in [6.07, 6.45) is 2.48. The molecular weight excluding hydrogens is 250 g/mol. The number of nitrogens with two attached hydrogens (primary N) is 1. The van der Waals surface area contributed by atoms with E-state index in [1.165, 1.54) is 18.4 Å². The minimum atomic E-state index is 0.498. The molecule has 2 N–H and O–H groups in total. The SMILES string of the molecule is CCCC(C)C(CN)c1ccc(Br)cc1. The van der Waals surface area contributed by atoms with Gasteiger partial charge >= 0.3 is 0 Å². The van der Waals surface area contributed by atoms with Crippen molar-refractivity contribution in [3.05, 3.63) is 34.3 Å². The van der Waals surface area contributed by atoms with Gasteiger partial charge in [0.15, 0.2) is 0 Å². The molecule has 0 spiro atoms. The molecule has 0 fully saturated rings. The van der Waals surface area contributed by atoms with Gasteiger partial charge in [0.1, 0.15) is 0 Å². The molecule has 0 aromatic heterocycles. The van der Waals surface area contributed by atoms with Crippen molar-refractivity contribution in [2.24, 2.45) is 11.7 Å². The van der Waals surface area contributed by atoms with Crippen molar-refractivity contribution in [2.75, 3.05) is 6.54 Å². The summed E-state index contributed by atoms with van der Waals surface area (Å²) >= 11 is 3.45. The normalized spacial score (nSPS) is 14.9. The van der Waals surface area contributed by atoms with E-state index in [0.717, 1.165) is 11.0 Å². The van der Waals surface area contributed by atoms with Crippen molar-refractivity contribution in [3.8, 4) is 0 Å². The van der Waals surface area contributed by atoms with Gasteiger partial charge in [0, 0.05) is 4.47 Å². The van der Waals surface area contributed by atoms with Crippen LogP contribution in [0.5, 0.6) is 0 Å². The van der Waals surface area contributed by atoms with E-state index in [1.807, 2.05) is 0 Å². The Labute approximate surface area is 101 Å². The monoisotopic (exact) mass is 269 g/mol. The molecule has 1 aromatic rings. The molecule has 1 rings (SSSR count). The molecule has 1 aromatic carbocycles. The molecule has 0 saturated heterocycles. The third-order valence-corrected chi connectivity index (χ3v) is 3.51. The van der Waals surface area contributed by atoms with E-state index in [0.29, 0.717) is 11.8 Å². The molecule has 2 unspecified atom stereocenters. The summed E-state index contributed by atoms with van der Waals surface area (Å²) in [6.45, 7) is 5.26. The summed E-state index contributed by atoms with van der Waals surface area (Å²) in [4.78, 5) is 0. The second kappa shape index (κ2) is 6.29. The lowest BCUT2D eigenvalue weighted by atomic mass is 9.85. The Morgan fingerprint density at radius 3 is 2.33 bits per heavy atom. The van der Waals surface area contributed by atoms with Gasteiger partial charge in [0.05, 0.1) is 0 Å². The number of hydrogen-bond acceptors (Lipinski definition) is 1. The molecule has 0 radical (unpaired) electrons. The predicted molar refractivity (Wildman–Crippen MR) is 70.0 cm³/mol. The maximum Gasteiger partial charge on any atom is 0.0175 e. The second-order valence-corrected chi connectivity index (χ2v) is 5.08. The predicted octanol–water partition coefficient (Wildman–Crippen LogP) is 3.93. The van der Waals surface area contributed by atoms with E-state index in [2.05, 4.69) is 54.0 Å². The molecule has 0 aliphatic heterocycles. The summed E-state index contributed by atoms with van der Waals surface area (Å²) in [5.74, 6) is 1.17. The van der Waals surface area contributed by atoms with Crippen molar-refractivity contribution in [3.63, 3.8) is 0 Å². The highest BCUT2D eigenvalue weighted by Gasteiger charge is 2.16. The zero-order valence-corrected chi connectivity index (χ0v) is 11.1. The van der Waals surface area contributed by atoms with Crippen molar-refractivity contribution in [1.82, 2.24) is 0 Å². The van der Waals surface area contributed by atoms with Crippen LogP contribution in [0.2, 0.25) is 0 Å². The van der Waals surface area contributed by atoms with Crippen LogP contribution in [0.4, 0.5) is 0 Å². The molecule has 0 heterocycles. The summed E-state index contributed by atoms with van der Waals surface area (Å²) < 4.78 is 1.13. The first-order valence-corrected chi connectivity index (χ1v) is 6.43. The van der Waals surface area contributed by atoms with Crippen LogP contribution in [0.25, 0.3) is 0 Å². The van der Waals surface area contributed by atoms with E-state index in [-0.39, 0.29) is 0 Å². The maximum absolute atomic E-state index is 5.86. The van der Waals surface area contributed by atoms with Gasteiger partial charge in [-0.05, 0) is 36.1 Å². The highest BCUT2D eigenvalue weighted by molar-refractivity contribution is 9.10. The molecule has 0 saturated carbocycles. The van der Waals surface area contributed by atoms with Crippen molar-refractivity contribution in [1.29, 1.82) is 0 Å². The van der Waals surface area contributed by atoms with Gasteiger partial charge in [-0.15, -0.1) is 0 Å². The van der Waals surface area contributed by atoms with Crippen LogP contribution in [0.15, 0.2) is 28.7 Å². The molecule has 1 nitrogen and oxygen atoms in total. The minimum Gasteiger partial charge on any atom is -0.330 e. The Bertz CT molecular complexity index is 281. The van der Waals surface area contributed by atoms with Gasteiger partial charge in [-0.1, -0.05) is 54.8 Å².